The summed E-state index contributed by atoms with van der Waals surface area (Å²) in [6.45, 7) is 4.33. The molecule has 0 bridgehead atoms. The first kappa shape index (κ1) is 12.1. The van der Waals surface area contributed by atoms with Crippen LogP contribution in [-0.4, -0.2) is 25.2 Å². The molecule has 1 heterocycles. The Labute approximate surface area is 88.9 Å². The number of hydrogen-bond acceptors (Lipinski definition) is 4. The van der Waals surface area contributed by atoms with Crippen molar-refractivity contribution in [2.45, 2.75) is 12.3 Å². The molecule has 4 nitrogen and oxygen atoms in total. The number of nitrogens with one attached hydrogen (secondary N) is 2. The van der Waals surface area contributed by atoms with Crippen molar-refractivity contribution in [1.29, 1.82) is 0 Å². The van der Waals surface area contributed by atoms with Gasteiger partial charge in [-0.2, -0.15) is 0 Å². The summed E-state index contributed by atoms with van der Waals surface area (Å²) in [7, 11) is -3.30. The third kappa shape index (κ3) is 2.52. The predicted molar refractivity (Wildman–Crippen MR) is 37.9 cm³/mol. The Morgan fingerprint density at radius 3 is 2.00 bits per heavy atom. The summed E-state index contributed by atoms with van der Waals surface area (Å²) in [5.41, 5.74) is 0. The number of rotatable bonds is 1. The zero-order valence-electron chi connectivity index (χ0n) is 7.18. The van der Waals surface area contributed by atoms with Gasteiger partial charge in [0, 0.05) is 20.5 Å². The van der Waals surface area contributed by atoms with Crippen molar-refractivity contribution in [3.63, 3.8) is 0 Å². The van der Waals surface area contributed by atoms with E-state index >= 15 is 0 Å². The minimum Gasteiger partial charge on any atom is -0.797 e. The van der Waals surface area contributed by atoms with Crippen molar-refractivity contribution in [1.82, 2.24) is 10.6 Å². The average Bonchev–Trinajstić information content (AvgIpc) is 2.13. The topological polar surface area (TPSA) is 64.2 Å². The monoisotopic (exact) mass is 186 g/mol. The molecule has 0 aliphatic carbocycles. The molecule has 0 aromatic carbocycles. The van der Waals surface area contributed by atoms with Crippen LogP contribution in [0, 0.1) is 0 Å². The van der Waals surface area contributed by atoms with Crippen LogP contribution in [0.15, 0.2) is 0 Å². The molecular weight excluding hydrogens is 174 g/mol. The molecule has 0 radical (unpaired) electrons. The van der Waals surface area contributed by atoms with E-state index in [2.05, 4.69) is 10.6 Å². The van der Waals surface area contributed by atoms with Gasteiger partial charge in [0.05, 0.1) is 0 Å². The molecule has 0 aromatic rings. The van der Waals surface area contributed by atoms with Crippen LogP contribution in [0.5, 0.6) is 0 Å². The molecule has 2 N–H and O–H groups in total. The fourth-order valence-corrected chi connectivity index (χ4v) is 1.76. The van der Waals surface area contributed by atoms with Gasteiger partial charge in [-0.3, -0.25) is 10.6 Å². The van der Waals surface area contributed by atoms with E-state index in [1.807, 2.05) is 0 Å². The standard InChI is InChI=1S/C5H13N2O2P.Na/c1-5(10(2,8)9)6-3-4-7-5;/h6-7H,3-4H2,1-2H3,(H,8,9);/q;+1/p-1. The van der Waals surface area contributed by atoms with Gasteiger partial charge in [0.1, 0.15) is 5.40 Å². The summed E-state index contributed by atoms with van der Waals surface area (Å²) in [6.07, 6.45) is 0. The van der Waals surface area contributed by atoms with Crippen molar-refractivity contribution in [2.24, 2.45) is 0 Å². The third-order valence-corrected chi connectivity index (χ3v) is 3.82. The first-order valence-electron chi connectivity index (χ1n) is 3.24. The minimum atomic E-state index is -3.30. The van der Waals surface area contributed by atoms with Gasteiger partial charge in [0.25, 0.3) is 0 Å². The van der Waals surface area contributed by atoms with Crippen molar-refractivity contribution in [2.75, 3.05) is 19.8 Å². The van der Waals surface area contributed by atoms with Gasteiger partial charge >= 0.3 is 29.6 Å². The van der Waals surface area contributed by atoms with Crippen molar-refractivity contribution in [3.8, 4) is 0 Å². The molecule has 1 rings (SSSR count). The molecule has 1 saturated heterocycles. The van der Waals surface area contributed by atoms with Gasteiger partial charge in [0.15, 0.2) is 0 Å². The van der Waals surface area contributed by atoms with E-state index in [9.17, 15) is 9.46 Å². The smallest absolute Gasteiger partial charge is 0.797 e. The van der Waals surface area contributed by atoms with Crippen LogP contribution < -0.4 is 45.1 Å². The maximum Gasteiger partial charge on any atom is 1.00 e. The molecule has 0 spiro atoms. The zero-order chi connectivity index (χ0) is 7.83. The summed E-state index contributed by atoms with van der Waals surface area (Å²) in [6, 6.07) is 0. The summed E-state index contributed by atoms with van der Waals surface area (Å²) in [5, 5.41) is 4.90. The van der Waals surface area contributed by atoms with E-state index in [1.165, 1.54) is 6.66 Å². The molecule has 0 aromatic heterocycles. The van der Waals surface area contributed by atoms with E-state index < -0.39 is 12.8 Å². The van der Waals surface area contributed by atoms with Gasteiger partial charge in [-0.15, -0.1) is 0 Å². The van der Waals surface area contributed by atoms with Crippen LogP contribution in [0.3, 0.4) is 0 Å². The van der Waals surface area contributed by atoms with Gasteiger partial charge in [-0.05, 0) is 13.6 Å². The van der Waals surface area contributed by atoms with E-state index in [1.54, 1.807) is 6.92 Å². The van der Waals surface area contributed by atoms with E-state index in [0.29, 0.717) is 0 Å². The van der Waals surface area contributed by atoms with E-state index in [4.69, 9.17) is 0 Å². The Morgan fingerprint density at radius 1 is 1.45 bits per heavy atom. The Kier molecular flexibility index (Phi) is 4.27. The Hall–Kier alpha value is 1.11. The normalized spacial score (nSPS) is 27.2. The van der Waals surface area contributed by atoms with Crippen LogP contribution in [0.2, 0.25) is 0 Å². The SMILES string of the molecule is CC1(P(C)(=O)[O-])NCCN1.[Na+]. The van der Waals surface area contributed by atoms with Crippen LogP contribution >= 0.6 is 7.37 Å². The molecule has 1 fully saturated rings. The zero-order valence-corrected chi connectivity index (χ0v) is 10.1. The quantitative estimate of drug-likeness (QED) is 0.325. The summed E-state index contributed by atoms with van der Waals surface area (Å²) >= 11 is 0. The second kappa shape index (κ2) is 3.88. The molecular formula is C5H12N2NaO2P. The summed E-state index contributed by atoms with van der Waals surface area (Å²) in [4.78, 5) is 11.1. The maximum atomic E-state index is 11.1. The predicted octanol–water partition coefficient (Wildman–Crippen LogP) is -3.87. The summed E-state index contributed by atoms with van der Waals surface area (Å²) < 4.78 is 11.1. The van der Waals surface area contributed by atoms with Crippen LogP contribution in [0.4, 0.5) is 0 Å². The van der Waals surface area contributed by atoms with Crippen LogP contribution in [-0.2, 0) is 4.57 Å². The average molecular weight is 186 g/mol. The Morgan fingerprint density at radius 2 is 1.82 bits per heavy atom. The molecule has 6 heteroatoms. The second-order valence-electron chi connectivity index (χ2n) is 2.77. The van der Waals surface area contributed by atoms with Crippen molar-refractivity contribution < 1.29 is 39.0 Å². The van der Waals surface area contributed by atoms with Crippen LogP contribution in [0.1, 0.15) is 6.92 Å². The second-order valence-corrected chi connectivity index (χ2v) is 5.36. The van der Waals surface area contributed by atoms with Gasteiger partial charge in [-0.25, -0.2) is 0 Å². The van der Waals surface area contributed by atoms with E-state index in [-0.39, 0.29) is 29.6 Å². The van der Waals surface area contributed by atoms with Crippen LogP contribution in [0.25, 0.3) is 0 Å². The van der Waals surface area contributed by atoms with Gasteiger partial charge < -0.3 is 9.46 Å². The van der Waals surface area contributed by atoms with E-state index in [0.717, 1.165) is 13.1 Å². The minimum absolute atomic E-state index is 0. The molecule has 60 valence electrons. The molecule has 1 atom stereocenters. The summed E-state index contributed by atoms with van der Waals surface area (Å²) in [5.74, 6) is 0. The Bertz CT molecular complexity index is 175. The number of hydrogen-bond donors (Lipinski definition) is 2. The molecule has 1 aliphatic rings. The molecule has 11 heavy (non-hydrogen) atoms. The van der Waals surface area contributed by atoms with Gasteiger partial charge in [-0.1, -0.05) is 0 Å². The maximum absolute atomic E-state index is 11.1. The first-order valence-corrected chi connectivity index (χ1v) is 5.32. The Balaban J connectivity index is 0.000001000. The third-order valence-electron chi connectivity index (χ3n) is 1.88. The van der Waals surface area contributed by atoms with Crippen molar-refractivity contribution >= 4 is 7.37 Å². The fraction of sp³-hybridized carbons (Fsp3) is 1.00. The molecule has 0 saturated carbocycles. The molecule has 1 aliphatic heterocycles. The largest absolute Gasteiger partial charge is 1.00 e. The van der Waals surface area contributed by atoms with Gasteiger partial charge in [0.2, 0.25) is 0 Å². The van der Waals surface area contributed by atoms with Crippen molar-refractivity contribution in [3.05, 3.63) is 0 Å². The molecule has 0 amide bonds. The first-order chi connectivity index (χ1) is 4.46. The fourth-order valence-electron chi connectivity index (χ4n) is 0.962. The molecule has 1 unspecified atom stereocenters.